The van der Waals surface area contributed by atoms with Crippen LogP contribution in [0.5, 0.6) is 0 Å². The summed E-state index contributed by atoms with van der Waals surface area (Å²) in [5.74, 6) is -1.80. The number of rotatable bonds is 3. The Bertz CT molecular complexity index is 434. The first-order valence-corrected chi connectivity index (χ1v) is 5.19. The van der Waals surface area contributed by atoms with Crippen molar-refractivity contribution in [3.63, 3.8) is 0 Å². The van der Waals surface area contributed by atoms with E-state index < -0.39 is 18.3 Å². The SMILES string of the molecule is O=C(O)[C@H]1CC1c1cc(Cl)ccc1C(F)F. The van der Waals surface area contributed by atoms with E-state index >= 15 is 0 Å². The molecule has 0 spiro atoms. The van der Waals surface area contributed by atoms with Gasteiger partial charge in [-0.3, -0.25) is 4.79 Å². The molecule has 0 bridgehead atoms. The van der Waals surface area contributed by atoms with Crippen LogP contribution in [0.1, 0.15) is 29.9 Å². The standard InChI is InChI=1S/C11H9ClF2O2/c12-5-1-2-6(10(13)14)7(3-5)8-4-9(8)11(15)16/h1-3,8-10H,4H2,(H,15,16)/t8?,9-/m0/s1. The fourth-order valence-electron chi connectivity index (χ4n) is 1.88. The average Bonchev–Trinajstić information content (AvgIpc) is 2.96. The average molecular weight is 247 g/mol. The molecule has 5 heteroatoms. The Balaban J connectivity index is 2.33. The third kappa shape index (κ3) is 2.02. The van der Waals surface area contributed by atoms with Crippen molar-refractivity contribution >= 4 is 17.6 Å². The van der Waals surface area contributed by atoms with E-state index in [0.717, 1.165) is 0 Å². The summed E-state index contributed by atoms with van der Waals surface area (Å²) >= 11 is 5.73. The highest BCUT2D eigenvalue weighted by atomic mass is 35.5. The highest BCUT2D eigenvalue weighted by Gasteiger charge is 2.45. The maximum atomic E-state index is 12.7. The quantitative estimate of drug-likeness (QED) is 0.887. The van der Waals surface area contributed by atoms with Gasteiger partial charge in [-0.15, -0.1) is 0 Å². The van der Waals surface area contributed by atoms with Crippen molar-refractivity contribution in [2.45, 2.75) is 18.8 Å². The van der Waals surface area contributed by atoms with Crippen LogP contribution < -0.4 is 0 Å². The number of hydrogen-bond donors (Lipinski definition) is 1. The number of benzene rings is 1. The summed E-state index contributed by atoms with van der Waals surface area (Å²) in [7, 11) is 0. The zero-order valence-corrected chi connectivity index (χ0v) is 8.92. The lowest BCUT2D eigenvalue weighted by atomic mass is 10.0. The van der Waals surface area contributed by atoms with E-state index in [9.17, 15) is 13.6 Å². The molecule has 16 heavy (non-hydrogen) atoms. The highest BCUT2D eigenvalue weighted by molar-refractivity contribution is 6.30. The van der Waals surface area contributed by atoms with Crippen molar-refractivity contribution in [3.8, 4) is 0 Å². The molecule has 0 radical (unpaired) electrons. The van der Waals surface area contributed by atoms with Crippen LogP contribution in [0.2, 0.25) is 5.02 Å². The number of halogens is 3. The predicted molar refractivity (Wildman–Crippen MR) is 54.9 cm³/mol. The highest BCUT2D eigenvalue weighted by Crippen LogP contribution is 2.50. The van der Waals surface area contributed by atoms with Crippen LogP contribution >= 0.6 is 11.6 Å². The van der Waals surface area contributed by atoms with E-state index in [1.165, 1.54) is 18.2 Å². The van der Waals surface area contributed by atoms with Gasteiger partial charge in [-0.25, -0.2) is 8.78 Å². The fraction of sp³-hybridized carbons (Fsp3) is 0.364. The second kappa shape index (κ2) is 4.01. The van der Waals surface area contributed by atoms with Crippen LogP contribution in [-0.4, -0.2) is 11.1 Å². The molecule has 1 unspecified atom stereocenters. The zero-order chi connectivity index (χ0) is 11.9. The van der Waals surface area contributed by atoms with Crippen LogP contribution in [-0.2, 0) is 4.79 Å². The lowest BCUT2D eigenvalue weighted by Crippen LogP contribution is -2.01. The van der Waals surface area contributed by atoms with Gasteiger partial charge >= 0.3 is 5.97 Å². The molecule has 2 nitrogen and oxygen atoms in total. The predicted octanol–water partition coefficient (Wildman–Crippen LogP) is 3.47. The van der Waals surface area contributed by atoms with Gasteiger partial charge < -0.3 is 5.11 Å². The molecule has 86 valence electrons. The van der Waals surface area contributed by atoms with E-state index in [4.69, 9.17) is 16.7 Å². The zero-order valence-electron chi connectivity index (χ0n) is 8.16. The largest absolute Gasteiger partial charge is 0.481 e. The van der Waals surface area contributed by atoms with E-state index in [-0.39, 0.29) is 11.5 Å². The van der Waals surface area contributed by atoms with E-state index in [1.807, 2.05) is 0 Å². The normalized spacial score (nSPS) is 23.5. The number of carboxylic acids is 1. The van der Waals surface area contributed by atoms with Crippen molar-refractivity contribution < 1.29 is 18.7 Å². The van der Waals surface area contributed by atoms with Gasteiger partial charge in [-0.2, -0.15) is 0 Å². The fourth-order valence-corrected chi connectivity index (χ4v) is 2.06. The van der Waals surface area contributed by atoms with Crippen LogP contribution in [0.4, 0.5) is 8.78 Å². The number of aliphatic carboxylic acids is 1. The smallest absolute Gasteiger partial charge is 0.307 e. The molecule has 1 fully saturated rings. The Hall–Kier alpha value is -1.16. The van der Waals surface area contributed by atoms with Crippen molar-refractivity contribution in [1.29, 1.82) is 0 Å². The molecule has 1 aromatic rings. The number of hydrogen-bond acceptors (Lipinski definition) is 1. The first-order valence-electron chi connectivity index (χ1n) is 4.81. The minimum Gasteiger partial charge on any atom is -0.481 e. The molecule has 2 rings (SSSR count). The van der Waals surface area contributed by atoms with Crippen LogP contribution in [0.25, 0.3) is 0 Å². The molecule has 0 saturated heterocycles. The van der Waals surface area contributed by atoms with Crippen LogP contribution in [0.3, 0.4) is 0 Å². The lowest BCUT2D eigenvalue weighted by molar-refractivity contribution is -0.138. The van der Waals surface area contributed by atoms with Gasteiger partial charge in [-0.1, -0.05) is 17.7 Å². The number of alkyl halides is 2. The molecule has 0 aliphatic heterocycles. The molecular formula is C11H9ClF2O2. The molecular weight excluding hydrogens is 238 g/mol. The first kappa shape index (κ1) is 11.3. The summed E-state index contributed by atoms with van der Waals surface area (Å²) in [6, 6.07) is 4.10. The second-order valence-electron chi connectivity index (χ2n) is 3.86. The Morgan fingerprint density at radius 3 is 2.69 bits per heavy atom. The second-order valence-corrected chi connectivity index (χ2v) is 4.30. The van der Waals surface area contributed by atoms with E-state index in [2.05, 4.69) is 0 Å². The molecule has 2 atom stereocenters. The Morgan fingerprint density at radius 1 is 1.50 bits per heavy atom. The summed E-state index contributed by atoms with van der Waals surface area (Å²) in [5, 5.41) is 9.12. The molecule has 1 aliphatic rings. The first-order chi connectivity index (χ1) is 7.50. The molecule has 1 N–H and O–H groups in total. The molecule has 0 aromatic heterocycles. The number of carboxylic acid groups (broad SMARTS) is 1. The molecule has 0 amide bonds. The van der Waals surface area contributed by atoms with Gasteiger partial charge in [0.2, 0.25) is 0 Å². The molecule has 1 aromatic carbocycles. The summed E-state index contributed by atoms with van der Waals surface area (Å²) in [5.41, 5.74) is 0.257. The van der Waals surface area contributed by atoms with Gasteiger partial charge in [0.25, 0.3) is 6.43 Å². The minimum atomic E-state index is -2.60. The topological polar surface area (TPSA) is 37.3 Å². The van der Waals surface area contributed by atoms with Gasteiger partial charge in [0.1, 0.15) is 0 Å². The monoisotopic (exact) mass is 246 g/mol. The van der Waals surface area contributed by atoms with Crippen molar-refractivity contribution in [2.75, 3.05) is 0 Å². The summed E-state index contributed by atoms with van der Waals surface area (Å²) in [6.07, 6.45) is -2.18. The van der Waals surface area contributed by atoms with Gasteiger partial charge in [0, 0.05) is 10.6 Å². The molecule has 0 heterocycles. The van der Waals surface area contributed by atoms with Crippen LogP contribution in [0.15, 0.2) is 18.2 Å². The lowest BCUT2D eigenvalue weighted by Gasteiger charge is -2.08. The van der Waals surface area contributed by atoms with E-state index in [1.54, 1.807) is 0 Å². The summed E-state index contributed by atoms with van der Waals surface area (Å²) in [6.45, 7) is 0. The van der Waals surface area contributed by atoms with Crippen molar-refractivity contribution in [2.24, 2.45) is 5.92 Å². The third-order valence-corrected chi connectivity index (χ3v) is 3.03. The third-order valence-electron chi connectivity index (χ3n) is 2.79. The molecule has 1 saturated carbocycles. The van der Waals surface area contributed by atoms with Crippen LogP contribution in [0, 0.1) is 5.92 Å². The van der Waals surface area contributed by atoms with Gasteiger partial charge in [0.15, 0.2) is 0 Å². The minimum absolute atomic E-state index is 0.113. The van der Waals surface area contributed by atoms with Crippen molar-refractivity contribution in [1.82, 2.24) is 0 Å². The Morgan fingerprint density at radius 2 is 2.19 bits per heavy atom. The summed E-state index contributed by atoms with van der Waals surface area (Å²) in [4.78, 5) is 10.7. The Labute approximate surface area is 95.8 Å². The number of carbonyl (C=O) groups is 1. The van der Waals surface area contributed by atoms with E-state index in [0.29, 0.717) is 17.0 Å². The van der Waals surface area contributed by atoms with Crippen molar-refractivity contribution in [3.05, 3.63) is 34.3 Å². The summed E-state index contributed by atoms with van der Waals surface area (Å²) < 4.78 is 25.4. The Kier molecular flexibility index (Phi) is 2.84. The molecule has 1 aliphatic carbocycles. The maximum Gasteiger partial charge on any atom is 0.307 e. The van der Waals surface area contributed by atoms with Gasteiger partial charge in [0.05, 0.1) is 5.92 Å². The van der Waals surface area contributed by atoms with Gasteiger partial charge in [-0.05, 0) is 30.0 Å². The maximum absolute atomic E-state index is 12.7.